The van der Waals surface area contributed by atoms with Crippen molar-refractivity contribution < 1.29 is 43.9 Å². The van der Waals surface area contributed by atoms with Gasteiger partial charge in [0.05, 0.1) is 23.7 Å². The molecule has 10 heteroatoms. The molecule has 0 aromatic heterocycles. The largest absolute Gasteiger partial charge is 0.507 e. The third-order valence-corrected chi connectivity index (χ3v) is 8.63. The van der Waals surface area contributed by atoms with Crippen LogP contribution >= 0.6 is 0 Å². The number of phenols is 1. The summed E-state index contributed by atoms with van der Waals surface area (Å²) >= 11 is 0. The van der Waals surface area contributed by atoms with E-state index >= 15 is 0 Å². The first kappa shape index (κ1) is 27.6. The zero-order valence-corrected chi connectivity index (χ0v) is 22.8. The van der Waals surface area contributed by atoms with Crippen molar-refractivity contribution >= 4 is 23.1 Å². The molecule has 5 N–H and O–H groups in total. The second-order valence-corrected chi connectivity index (χ2v) is 11.3. The molecule has 0 spiro atoms. The Morgan fingerprint density at radius 3 is 2.59 bits per heavy atom. The topological polar surface area (TPSA) is 166 Å². The summed E-state index contributed by atoms with van der Waals surface area (Å²) in [7, 11) is 0. The Balaban J connectivity index is 1.48. The molecular formula is C31H33NO9. The Bertz CT molecular complexity index is 1470. The summed E-state index contributed by atoms with van der Waals surface area (Å²) in [5.74, 6) is -2.88. The maximum atomic E-state index is 14.5. The van der Waals surface area contributed by atoms with Crippen LogP contribution in [0.15, 0.2) is 35.9 Å². The van der Waals surface area contributed by atoms with Crippen molar-refractivity contribution in [2.24, 2.45) is 17.6 Å². The van der Waals surface area contributed by atoms with E-state index in [9.17, 15) is 29.7 Å². The lowest BCUT2D eigenvalue weighted by molar-refractivity contribution is -0.216. The lowest BCUT2D eigenvalue weighted by Gasteiger charge is -2.37. The minimum Gasteiger partial charge on any atom is -0.507 e. The fourth-order valence-electron chi connectivity index (χ4n) is 6.72. The van der Waals surface area contributed by atoms with Gasteiger partial charge in [0.2, 0.25) is 6.29 Å². The number of aromatic hydroxyl groups is 1. The van der Waals surface area contributed by atoms with E-state index < -0.39 is 60.1 Å². The van der Waals surface area contributed by atoms with E-state index in [-0.39, 0.29) is 45.8 Å². The molecule has 216 valence electrons. The van der Waals surface area contributed by atoms with E-state index in [1.807, 2.05) is 0 Å². The number of carbonyl (C=O) groups excluding carboxylic acids is 3. The first-order valence-electron chi connectivity index (χ1n) is 14.0. The molecule has 0 amide bonds. The predicted octanol–water partition coefficient (Wildman–Crippen LogP) is 2.74. The third kappa shape index (κ3) is 4.37. The molecule has 7 unspecified atom stereocenters. The predicted molar refractivity (Wildman–Crippen MR) is 145 cm³/mol. The summed E-state index contributed by atoms with van der Waals surface area (Å²) in [5, 5.41) is 31.4. The van der Waals surface area contributed by atoms with Gasteiger partial charge in [-0.3, -0.25) is 14.4 Å². The fourth-order valence-corrected chi connectivity index (χ4v) is 6.72. The van der Waals surface area contributed by atoms with Crippen LogP contribution in [0.5, 0.6) is 11.5 Å². The molecule has 2 heterocycles. The number of aliphatic hydroxyl groups is 2. The number of carbonyl (C=O) groups is 3. The van der Waals surface area contributed by atoms with Gasteiger partial charge in [-0.25, -0.2) is 0 Å². The highest BCUT2D eigenvalue weighted by Gasteiger charge is 2.55. The van der Waals surface area contributed by atoms with E-state index in [0.717, 1.165) is 5.56 Å². The van der Waals surface area contributed by atoms with E-state index in [1.54, 1.807) is 32.0 Å². The summed E-state index contributed by atoms with van der Waals surface area (Å²) in [5.41, 5.74) is 7.48. The molecule has 2 fully saturated rings. The van der Waals surface area contributed by atoms with Crippen molar-refractivity contribution in [1.29, 1.82) is 0 Å². The molecule has 7 atom stereocenters. The second-order valence-electron chi connectivity index (χ2n) is 11.3. The summed E-state index contributed by atoms with van der Waals surface area (Å²) in [6.45, 7) is 3.86. The Labute approximate surface area is 236 Å². The van der Waals surface area contributed by atoms with Gasteiger partial charge in [-0.15, -0.1) is 0 Å². The van der Waals surface area contributed by atoms with Crippen LogP contribution in [0.1, 0.15) is 76.1 Å². The third-order valence-electron chi connectivity index (χ3n) is 8.63. The number of allylic oxidation sites excluding steroid dienone is 1. The van der Waals surface area contributed by atoms with Crippen LogP contribution in [0.4, 0.5) is 0 Å². The van der Waals surface area contributed by atoms with Gasteiger partial charge in [-0.1, -0.05) is 24.6 Å². The van der Waals surface area contributed by atoms with Crippen molar-refractivity contribution in [3.05, 3.63) is 63.7 Å². The van der Waals surface area contributed by atoms with Crippen molar-refractivity contribution in [2.75, 3.05) is 6.54 Å². The molecule has 2 saturated heterocycles. The number of hydrogen-bond acceptors (Lipinski definition) is 10. The number of Topliss-reactive ketones (excluding diaryl/α,β-unsaturated/α-hetero) is 2. The van der Waals surface area contributed by atoms with E-state index in [4.69, 9.17) is 19.9 Å². The molecule has 2 aromatic rings. The SMILES string of the molecule is Cc1cc(O)c2c(c1)C1OC(=O)C(CCCCN)C1C1=C2C(=O)c2cccc(OC3CC(O)C(O)C(C)O3)c2C1=O. The Kier molecular flexibility index (Phi) is 6.97. The number of hydrogen-bond donors (Lipinski definition) is 4. The van der Waals surface area contributed by atoms with E-state index in [2.05, 4.69) is 0 Å². The maximum Gasteiger partial charge on any atom is 0.310 e. The lowest BCUT2D eigenvalue weighted by Crippen LogP contribution is -2.48. The summed E-state index contributed by atoms with van der Waals surface area (Å²) in [4.78, 5) is 41.9. The van der Waals surface area contributed by atoms with Crippen molar-refractivity contribution in [1.82, 2.24) is 0 Å². The highest BCUT2D eigenvalue weighted by atomic mass is 16.7. The van der Waals surface area contributed by atoms with Gasteiger partial charge < -0.3 is 35.3 Å². The quantitative estimate of drug-likeness (QED) is 0.303. The van der Waals surface area contributed by atoms with Crippen LogP contribution in [-0.4, -0.2) is 64.0 Å². The average Bonchev–Trinajstić information content (AvgIpc) is 3.25. The number of nitrogens with two attached hydrogens (primary N) is 1. The van der Waals surface area contributed by atoms with Gasteiger partial charge in [0.15, 0.2) is 11.6 Å². The van der Waals surface area contributed by atoms with Crippen molar-refractivity contribution in [3.63, 3.8) is 0 Å². The summed E-state index contributed by atoms with van der Waals surface area (Å²) in [6.07, 6.45) is -2.97. The standard InChI is InChI=1S/C31H33NO9/c1-13-10-17-22(18(33)11-13)25-26(24-16(6-3-4-9-32)31(38)41-30(17)24)29(37)23-15(28(25)36)7-5-8-20(23)40-21-12-19(34)27(35)14(2)39-21/h5,7-8,10-11,14,16,19,21,24,27,30,33-35H,3-4,6,9,12,32H2,1-2H3. The summed E-state index contributed by atoms with van der Waals surface area (Å²) in [6, 6.07) is 7.97. The summed E-state index contributed by atoms with van der Waals surface area (Å²) < 4.78 is 17.6. The molecule has 10 nitrogen and oxygen atoms in total. The van der Waals surface area contributed by atoms with Crippen molar-refractivity contribution in [2.45, 2.75) is 70.2 Å². The van der Waals surface area contributed by atoms with Gasteiger partial charge in [0.1, 0.15) is 23.7 Å². The minimum absolute atomic E-state index is 0.0296. The van der Waals surface area contributed by atoms with Gasteiger partial charge in [0.25, 0.3) is 0 Å². The molecule has 4 aliphatic rings. The van der Waals surface area contributed by atoms with E-state index in [1.165, 1.54) is 12.1 Å². The Morgan fingerprint density at radius 2 is 1.85 bits per heavy atom. The van der Waals surface area contributed by atoms with Crippen LogP contribution in [0, 0.1) is 18.8 Å². The molecule has 2 aliphatic carbocycles. The van der Waals surface area contributed by atoms with Crippen LogP contribution in [0.25, 0.3) is 5.57 Å². The number of fused-ring (bicyclic) bond motifs is 6. The average molecular weight is 564 g/mol. The number of esters is 1. The normalized spacial score (nSPS) is 30.4. The molecule has 2 aromatic carbocycles. The van der Waals surface area contributed by atoms with Gasteiger partial charge in [-0.05, 0) is 50.9 Å². The van der Waals surface area contributed by atoms with Crippen LogP contribution < -0.4 is 10.5 Å². The first-order valence-corrected chi connectivity index (χ1v) is 14.0. The van der Waals surface area contributed by atoms with Crippen LogP contribution in [0.2, 0.25) is 0 Å². The molecule has 0 saturated carbocycles. The number of aryl methyl sites for hydroxylation is 1. The molecule has 0 bridgehead atoms. The number of phenolic OH excluding ortho intramolecular Hbond substituents is 1. The van der Waals surface area contributed by atoms with Gasteiger partial charge in [-0.2, -0.15) is 0 Å². The fraction of sp³-hybridized carbons (Fsp3) is 0.452. The number of unbranched alkanes of at least 4 members (excludes halogenated alkanes) is 1. The number of aliphatic hydroxyl groups excluding tert-OH is 2. The lowest BCUT2D eigenvalue weighted by atomic mass is 9.65. The second kappa shape index (κ2) is 10.4. The van der Waals surface area contributed by atoms with E-state index in [0.29, 0.717) is 31.4 Å². The molecular weight excluding hydrogens is 530 g/mol. The number of ketones is 2. The molecule has 2 aliphatic heterocycles. The Morgan fingerprint density at radius 1 is 1.07 bits per heavy atom. The van der Waals surface area contributed by atoms with Crippen LogP contribution in [0.3, 0.4) is 0 Å². The first-order chi connectivity index (χ1) is 19.6. The van der Waals surface area contributed by atoms with Crippen LogP contribution in [-0.2, 0) is 14.3 Å². The monoisotopic (exact) mass is 563 g/mol. The smallest absolute Gasteiger partial charge is 0.310 e. The zero-order valence-electron chi connectivity index (χ0n) is 22.8. The molecule has 0 radical (unpaired) electrons. The van der Waals surface area contributed by atoms with Gasteiger partial charge >= 0.3 is 5.97 Å². The highest BCUT2D eigenvalue weighted by molar-refractivity contribution is 6.42. The van der Waals surface area contributed by atoms with Crippen molar-refractivity contribution in [3.8, 4) is 11.5 Å². The Hall–Kier alpha value is -3.57. The maximum absolute atomic E-state index is 14.5. The minimum atomic E-state index is -1.09. The van der Waals surface area contributed by atoms with Gasteiger partial charge in [0, 0.05) is 40.2 Å². The number of ether oxygens (including phenoxy) is 3. The number of benzene rings is 2. The molecule has 41 heavy (non-hydrogen) atoms. The molecule has 6 rings (SSSR count). The highest BCUT2D eigenvalue weighted by Crippen LogP contribution is 2.57. The number of rotatable bonds is 6. The zero-order chi connectivity index (χ0) is 29.2.